The van der Waals surface area contributed by atoms with E-state index in [0.717, 1.165) is 10.9 Å². The number of fused-ring (bicyclic) bond motifs is 1. The Balaban J connectivity index is 1.92. The number of pyridine rings is 2. The zero-order valence-electron chi connectivity index (χ0n) is 10.9. The third-order valence-corrected chi connectivity index (χ3v) is 2.85. The summed E-state index contributed by atoms with van der Waals surface area (Å²) in [6.07, 6.45) is 1.66. The van der Waals surface area contributed by atoms with Gasteiger partial charge >= 0.3 is 0 Å². The first kappa shape index (κ1) is 12.2. The highest BCUT2D eigenvalue weighted by Crippen LogP contribution is 2.26. The Hall–Kier alpha value is -2.82. The van der Waals surface area contributed by atoms with Gasteiger partial charge in [0.05, 0.1) is 24.5 Å². The minimum atomic E-state index is 0.344. The van der Waals surface area contributed by atoms with Crippen LogP contribution in [0.25, 0.3) is 10.9 Å². The third-order valence-electron chi connectivity index (χ3n) is 2.85. The summed E-state index contributed by atoms with van der Waals surface area (Å²) in [7, 11) is 1.51. The first-order valence-corrected chi connectivity index (χ1v) is 6.09. The molecule has 3 rings (SSSR count). The lowest BCUT2D eigenvalue weighted by atomic mass is 10.2. The van der Waals surface area contributed by atoms with E-state index in [-0.39, 0.29) is 0 Å². The van der Waals surface area contributed by atoms with Crippen molar-refractivity contribution in [1.29, 1.82) is 0 Å². The quantitative estimate of drug-likeness (QED) is 0.789. The third kappa shape index (κ3) is 2.33. The van der Waals surface area contributed by atoms with Crippen LogP contribution < -0.4 is 15.2 Å². The largest absolute Gasteiger partial charge is 0.479 e. The molecular weight excluding hydrogens is 254 g/mol. The van der Waals surface area contributed by atoms with Gasteiger partial charge in [0.1, 0.15) is 5.75 Å². The van der Waals surface area contributed by atoms with Gasteiger partial charge in [-0.3, -0.25) is 4.98 Å². The molecule has 0 aliphatic heterocycles. The molecule has 2 aromatic heterocycles. The molecule has 0 atom stereocenters. The van der Waals surface area contributed by atoms with Crippen molar-refractivity contribution in [2.45, 2.75) is 0 Å². The first-order chi connectivity index (χ1) is 9.76. The summed E-state index contributed by atoms with van der Waals surface area (Å²) in [6.45, 7) is 0. The molecule has 0 fully saturated rings. The summed E-state index contributed by atoms with van der Waals surface area (Å²) < 4.78 is 10.7. The Kier molecular flexibility index (Phi) is 3.09. The molecule has 0 saturated heterocycles. The molecular formula is C15H13N3O2. The minimum Gasteiger partial charge on any atom is -0.479 e. The van der Waals surface area contributed by atoms with Crippen LogP contribution in [0.1, 0.15) is 0 Å². The highest BCUT2D eigenvalue weighted by atomic mass is 16.5. The van der Waals surface area contributed by atoms with E-state index in [4.69, 9.17) is 15.2 Å². The number of hydrogen-bond donors (Lipinski definition) is 1. The molecule has 3 aromatic rings. The second kappa shape index (κ2) is 5.05. The molecule has 0 spiro atoms. The molecule has 0 unspecified atom stereocenters. The maximum Gasteiger partial charge on any atom is 0.240 e. The molecule has 1 aromatic carbocycles. The van der Waals surface area contributed by atoms with Crippen LogP contribution in [0, 0.1) is 0 Å². The van der Waals surface area contributed by atoms with Crippen LogP contribution in [0.4, 0.5) is 5.69 Å². The van der Waals surface area contributed by atoms with E-state index in [0.29, 0.717) is 23.2 Å². The fourth-order valence-corrected chi connectivity index (χ4v) is 1.88. The van der Waals surface area contributed by atoms with Crippen LogP contribution >= 0.6 is 0 Å². The summed E-state index contributed by atoms with van der Waals surface area (Å²) in [5, 5.41) is 1.01. The van der Waals surface area contributed by atoms with Crippen molar-refractivity contribution in [2.24, 2.45) is 0 Å². The molecule has 0 bridgehead atoms. The van der Waals surface area contributed by atoms with E-state index < -0.39 is 0 Å². The lowest BCUT2D eigenvalue weighted by Crippen LogP contribution is -1.97. The number of para-hydroxylation sites is 1. The van der Waals surface area contributed by atoms with Crippen LogP contribution in [0.15, 0.2) is 48.7 Å². The molecule has 5 heteroatoms. The van der Waals surface area contributed by atoms with E-state index in [2.05, 4.69) is 9.97 Å². The van der Waals surface area contributed by atoms with Crippen molar-refractivity contribution in [3.8, 4) is 17.5 Å². The fourth-order valence-electron chi connectivity index (χ4n) is 1.88. The Bertz CT molecular complexity index is 759. The van der Waals surface area contributed by atoms with Gasteiger partial charge in [0.15, 0.2) is 0 Å². The van der Waals surface area contributed by atoms with Crippen molar-refractivity contribution in [3.63, 3.8) is 0 Å². The summed E-state index contributed by atoms with van der Waals surface area (Å²) >= 11 is 0. The number of nitrogens with two attached hydrogens (primary N) is 1. The molecule has 20 heavy (non-hydrogen) atoms. The number of nitrogens with zero attached hydrogens (tertiary/aromatic N) is 2. The number of rotatable bonds is 3. The van der Waals surface area contributed by atoms with Gasteiger partial charge in [0.2, 0.25) is 11.8 Å². The second-order valence-corrected chi connectivity index (χ2v) is 4.21. The maximum atomic E-state index is 5.71. The zero-order chi connectivity index (χ0) is 13.9. The molecule has 0 radical (unpaired) electrons. The van der Waals surface area contributed by atoms with E-state index in [1.165, 1.54) is 7.11 Å². The van der Waals surface area contributed by atoms with E-state index in [9.17, 15) is 0 Å². The van der Waals surface area contributed by atoms with Crippen LogP contribution in [0.2, 0.25) is 0 Å². The van der Waals surface area contributed by atoms with Gasteiger partial charge in [-0.15, -0.1) is 0 Å². The Morgan fingerprint density at radius 1 is 1.10 bits per heavy atom. The van der Waals surface area contributed by atoms with Crippen LogP contribution in [0.5, 0.6) is 17.5 Å². The SMILES string of the molecule is COc1nc(Oc2cnc3ccccc3c2)ccc1N. The molecule has 0 aliphatic rings. The molecule has 2 N–H and O–H groups in total. The molecule has 2 heterocycles. The average Bonchev–Trinajstić information content (AvgIpc) is 2.49. The Morgan fingerprint density at radius 2 is 1.95 bits per heavy atom. The number of benzene rings is 1. The topological polar surface area (TPSA) is 70.3 Å². The number of ether oxygens (including phenoxy) is 2. The van der Waals surface area contributed by atoms with Gasteiger partial charge < -0.3 is 15.2 Å². The van der Waals surface area contributed by atoms with Gasteiger partial charge in [0, 0.05) is 11.5 Å². The summed E-state index contributed by atoms with van der Waals surface area (Å²) in [6, 6.07) is 13.1. The molecule has 0 amide bonds. The van der Waals surface area contributed by atoms with Crippen molar-refractivity contribution >= 4 is 16.6 Å². The minimum absolute atomic E-state index is 0.344. The van der Waals surface area contributed by atoms with Crippen molar-refractivity contribution in [2.75, 3.05) is 12.8 Å². The number of hydrogen-bond acceptors (Lipinski definition) is 5. The van der Waals surface area contributed by atoms with E-state index >= 15 is 0 Å². The monoisotopic (exact) mass is 267 g/mol. The van der Waals surface area contributed by atoms with E-state index in [1.807, 2.05) is 30.3 Å². The standard InChI is InChI=1S/C15H13N3O2/c1-19-15-12(16)6-7-14(18-15)20-11-8-10-4-2-3-5-13(10)17-9-11/h2-9H,16H2,1H3. The lowest BCUT2D eigenvalue weighted by molar-refractivity contribution is 0.385. The van der Waals surface area contributed by atoms with Crippen molar-refractivity contribution < 1.29 is 9.47 Å². The number of aromatic nitrogens is 2. The molecule has 0 aliphatic carbocycles. The van der Waals surface area contributed by atoms with Crippen molar-refractivity contribution in [3.05, 3.63) is 48.7 Å². The average molecular weight is 267 g/mol. The number of anilines is 1. The first-order valence-electron chi connectivity index (χ1n) is 6.09. The van der Waals surface area contributed by atoms with Gasteiger partial charge in [-0.1, -0.05) is 18.2 Å². The predicted molar refractivity (Wildman–Crippen MR) is 77.0 cm³/mol. The summed E-state index contributed by atoms with van der Waals surface area (Å²) in [4.78, 5) is 8.50. The number of methoxy groups -OCH3 is 1. The van der Waals surface area contributed by atoms with Crippen LogP contribution in [-0.2, 0) is 0 Å². The van der Waals surface area contributed by atoms with Crippen LogP contribution in [-0.4, -0.2) is 17.1 Å². The van der Waals surface area contributed by atoms with Gasteiger partial charge in [0.25, 0.3) is 0 Å². The van der Waals surface area contributed by atoms with Gasteiger partial charge in [-0.25, -0.2) is 0 Å². The Labute approximate surface area is 116 Å². The maximum absolute atomic E-state index is 5.71. The molecule has 100 valence electrons. The smallest absolute Gasteiger partial charge is 0.240 e. The van der Waals surface area contributed by atoms with E-state index in [1.54, 1.807) is 18.3 Å². The normalized spacial score (nSPS) is 10.4. The summed E-state index contributed by atoms with van der Waals surface area (Å²) in [5.74, 6) is 1.37. The van der Waals surface area contributed by atoms with Crippen molar-refractivity contribution in [1.82, 2.24) is 9.97 Å². The van der Waals surface area contributed by atoms with Gasteiger partial charge in [-0.05, 0) is 18.2 Å². The van der Waals surface area contributed by atoms with Gasteiger partial charge in [-0.2, -0.15) is 4.98 Å². The Morgan fingerprint density at radius 3 is 2.80 bits per heavy atom. The molecule has 0 saturated carbocycles. The highest BCUT2D eigenvalue weighted by molar-refractivity contribution is 5.79. The summed E-state index contributed by atoms with van der Waals surface area (Å²) in [5.41, 5.74) is 7.10. The predicted octanol–water partition coefficient (Wildman–Crippen LogP) is 3.01. The zero-order valence-corrected chi connectivity index (χ0v) is 10.9. The van der Waals surface area contributed by atoms with Crippen LogP contribution in [0.3, 0.4) is 0 Å². The highest BCUT2D eigenvalue weighted by Gasteiger charge is 2.06. The number of nitrogen functional groups attached to an aromatic ring is 1. The second-order valence-electron chi connectivity index (χ2n) is 4.21. The lowest BCUT2D eigenvalue weighted by Gasteiger charge is -2.08. The molecule has 5 nitrogen and oxygen atoms in total. The fraction of sp³-hybridized carbons (Fsp3) is 0.0667.